The number of nitrogens with zero attached hydrogens (tertiary/aromatic N) is 2. The highest BCUT2D eigenvalue weighted by Crippen LogP contribution is 2.19. The highest BCUT2D eigenvalue weighted by molar-refractivity contribution is 9.10. The van der Waals surface area contributed by atoms with Crippen LogP contribution in [-0.2, 0) is 26.4 Å². The van der Waals surface area contributed by atoms with E-state index in [2.05, 4.69) is 20.9 Å². The van der Waals surface area contributed by atoms with Gasteiger partial charge in [0.1, 0.15) is 16.2 Å². The van der Waals surface area contributed by atoms with E-state index in [0.717, 1.165) is 34.7 Å². The van der Waals surface area contributed by atoms with Crippen LogP contribution in [0.15, 0.2) is 27.4 Å². The van der Waals surface area contributed by atoms with E-state index in [1.807, 2.05) is 23.7 Å². The molecule has 0 saturated heterocycles. The van der Waals surface area contributed by atoms with Crippen molar-refractivity contribution in [3.8, 4) is 0 Å². The number of imidazole rings is 1. The second-order valence-electron chi connectivity index (χ2n) is 3.61. The van der Waals surface area contributed by atoms with E-state index in [1.54, 1.807) is 6.26 Å². The molecule has 0 aliphatic carbocycles. The lowest BCUT2D eigenvalue weighted by Gasteiger charge is -2.03. The number of hydrogen-bond acceptors (Lipinski definition) is 3. The smallest absolute Gasteiger partial charge is 0.127 e. The van der Waals surface area contributed by atoms with E-state index in [1.165, 1.54) is 0 Å². The summed E-state index contributed by atoms with van der Waals surface area (Å²) in [5.41, 5.74) is 6.75. The van der Waals surface area contributed by atoms with Crippen molar-refractivity contribution in [1.82, 2.24) is 9.55 Å². The Morgan fingerprint density at radius 1 is 1.50 bits per heavy atom. The first-order valence-corrected chi connectivity index (χ1v) is 5.94. The first-order chi connectivity index (χ1) is 7.72. The van der Waals surface area contributed by atoms with E-state index in [4.69, 9.17) is 10.2 Å². The van der Waals surface area contributed by atoms with Gasteiger partial charge in [0.15, 0.2) is 0 Å². The Morgan fingerprint density at radius 2 is 2.31 bits per heavy atom. The molecule has 0 radical (unpaired) electrons. The highest BCUT2D eigenvalue weighted by atomic mass is 79.9. The van der Waals surface area contributed by atoms with Crippen LogP contribution < -0.4 is 5.73 Å². The highest BCUT2D eigenvalue weighted by Gasteiger charge is 2.11. The van der Waals surface area contributed by atoms with Crippen molar-refractivity contribution in [2.24, 2.45) is 12.8 Å². The normalized spacial score (nSPS) is 10.9. The lowest BCUT2D eigenvalue weighted by Crippen LogP contribution is -2.07. The Balaban J connectivity index is 2.12. The van der Waals surface area contributed by atoms with Gasteiger partial charge in [0, 0.05) is 13.5 Å². The van der Waals surface area contributed by atoms with Crippen molar-refractivity contribution in [2.75, 3.05) is 0 Å². The van der Waals surface area contributed by atoms with Crippen LogP contribution in [0, 0.1) is 0 Å². The fourth-order valence-corrected chi connectivity index (χ4v) is 2.37. The Hall–Kier alpha value is -1.07. The number of halogens is 1. The van der Waals surface area contributed by atoms with Gasteiger partial charge in [-0.05, 0) is 34.5 Å². The first-order valence-electron chi connectivity index (χ1n) is 5.14. The van der Waals surface area contributed by atoms with Gasteiger partial charge >= 0.3 is 0 Å². The summed E-state index contributed by atoms with van der Waals surface area (Å²) in [4.78, 5) is 4.35. The van der Waals surface area contributed by atoms with Crippen LogP contribution in [0.3, 0.4) is 0 Å². The van der Waals surface area contributed by atoms with Gasteiger partial charge in [-0.1, -0.05) is 0 Å². The summed E-state index contributed by atoms with van der Waals surface area (Å²) in [6.07, 6.45) is 3.45. The minimum Gasteiger partial charge on any atom is -0.469 e. The second kappa shape index (κ2) is 4.84. The fourth-order valence-electron chi connectivity index (χ4n) is 1.70. The summed E-state index contributed by atoms with van der Waals surface area (Å²) in [6.45, 7) is 0.454. The largest absolute Gasteiger partial charge is 0.469 e. The van der Waals surface area contributed by atoms with Crippen LogP contribution in [0.5, 0.6) is 0 Å². The molecular formula is C11H14BrN3O. The van der Waals surface area contributed by atoms with Crippen molar-refractivity contribution in [3.05, 3.63) is 40.3 Å². The molecular weight excluding hydrogens is 270 g/mol. The van der Waals surface area contributed by atoms with Gasteiger partial charge in [-0.2, -0.15) is 0 Å². The molecule has 2 N–H and O–H groups in total. The molecule has 16 heavy (non-hydrogen) atoms. The minimum atomic E-state index is 0.454. The Kier molecular flexibility index (Phi) is 3.46. The first kappa shape index (κ1) is 11.4. The van der Waals surface area contributed by atoms with Crippen LogP contribution in [0.2, 0.25) is 0 Å². The van der Waals surface area contributed by atoms with Gasteiger partial charge in [-0.15, -0.1) is 0 Å². The Bertz CT molecular complexity index is 462. The zero-order valence-corrected chi connectivity index (χ0v) is 10.7. The fraction of sp³-hybridized carbons (Fsp3) is 0.364. The van der Waals surface area contributed by atoms with Gasteiger partial charge in [-0.25, -0.2) is 4.98 Å². The third-order valence-corrected chi connectivity index (χ3v) is 3.26. The molecule has 0 unspecified atom stereocenters. The molecule has 2 aromatic rings. The molecule has 2 rings (SSSR count). The number of aryl methyl sites for hydroxylation is 1. The quantitative estimate of drug-likeness (QED) is 0.934. The van der Waals surface area contributed by atoms with E-state index < -0.39 is 0 Å². The Labute approximate surface area is 103 Å². The molecule has 0 aliphatic heterocycles. The summed E-state index contributed by atoms with van der Waals surface area (Å²) in [6, 6.07) is 3.88. The van der Waals surface area contributed by atoms with Crippen molar-refractivity contribution in [1.29, 1.82) is 0 Å². The summed E-state index contributed by atoms with van der Waals surface area (Å²) in [7, 11) is 1.98. The molecule has 2 heterocycles. The summed E-state index contributed by atoms with van der Waals surface area (Å²) in [5, 5.41) is 0. The SMILES string of the molecule is Cn1c(CN)nc(Br)c1CCc1ccco1. The van der Waals surface area contributed by atoms with Gasteiger partial charge in [0.05, 0.1) is 18.5 Å². The third kappa shape index (κ3) is 2.20. The van der Waals surface area contributed by atoms with Crippen LogP contribution in [0.1, 0.15) is 17.3 Å². The Morgan fingerprint density at radius 3 is 2.88 bits per heavy atom. The molecule has 2 aromatic heterocycles. The van der Waals surface area contributed by atoms with Crippen molar-refractivity contribution in [3.63, 3.8) is 0 Å². The number of rotatable bonds is 4. The third-order valence-electron chi connectivity index (χ3n) is 2.63. The monoisotopic (exact) mass is 283 g/mol. The average Bonchev–Trinajstić information content (AvgIpc) is 2.86. The molecule has 0 amide bonds. The second-order valence-corrected chi connectivity index (χ2v) is 4.36. The van der Waals surface area contributed by atoms with E-state index in [-0.39, 0.29) is 0 Å². The molecule has 0 fully saturated rings. The van der Waals surface area contributed by atoms with Crippen molar-refractivity contribution >= 4 is 15.9 Å². The molecule has 0 atom stereocenters. The zero-order chi connectivity index (χ0) is 11.5. The molecule has 0 spiro atoms. The lowest BCUT2D eigenvalue weighted by molar-refractivity contribution is 0.506. The average molecular weight is 284 g/mol. The maximum absolute atomic E-state index is 5.60. The molecule has 0 aromatic carbocycles. The van der Waals surface area contributed by atoms with Gasteiger partial charge < -0.3 is 14.7 Å². The van der Waals surface area contributed by atoms with Crippen molar-refractivity contribution in [2.45, 2.75) is 19.4 Å². The summed E-state index contributed by atoms with van der Waals surface area (Å²) in [5.74, 6) is 1.88. The van der Waals surface area contributed by atoms with E-state index in [0.29, 0.717) is 6.54 Å². The number of aromatic nitrogens is 2. The molecule has 0 bridgehead atoms. The number of hydrogen-bond donors (Lipinski definition) is 1. The molecule has 4 nitrogen and oxygen atoms in total. The predicted molar refractivity (Wildman–Crippen MR) is 64.9 cm³/mol. The van der Waals surface area contributed by atoms with Gasteiger partial charge in [0.25, 0.3) is 0 Å². The topological polar surface area (TPSA) is 57.0 Å². The number of nitrogens with two attached hydrogens (primary N) is 1. The molecule has 0 saturated carbocycles. The van der Waals surface area contributed by atoms with Crippen molar-refractivity contribution < 1.29 is 4.42 Å². The summed E-state index contributed by atoms with van der Waals surface area (Å²) >= 11 is 3.45. The standard InChI is InChI=1S/C11H14BrN3O/c1-15-9(11(12)14-10(15)7-13)5-4-8-3-2-6-16-8/h2-3,6H,4-5,7,13H2,1H3. The number of furan rings is 1. The zero-order valence-electron chi connectivity index (χ0n) is 9.11. The van der Waals surface area contributed by atoms with Crippen LogP contribution in [0.4, 0.5) is 0 Å². The maximum Gasteiger partial charge on any atom is 0.127 e. The minimum absolute atomic E-state index is 0.454. The van der Waals surface area contributed by atoms with Gasteiger partial charge in [0.2, 0.25) is 0 Å². The summed E-state index contributed by atoms with van der Waals surface area (Å²) < 4.78 is 8.21. The van der Waals surface area contributed by atoms with Crippen LogP contribution in [0.25, 0.3) is 0 Å². The van der Waals surface area contributed by atoms with E-state index >= 15 is 0 Å². The molecule has 86 valence electrons. The lowest BCUT2D eigenvalue weighted by atomic mass is 10.2. The maximum atomic E-state index is 5.60. The van der Waals surface area contributed by atoms with Gasteiger partial charge in [-0.3, -0.25) is 0 Å². The van der Waals surface area contributed by atoms with Crippen LogP contribution in [-0.4, -0.2) is 9.55 Å². The van der Waals surface area contributed by atoms with E-state index in [9.17, 15) is 0 Å². The predicted octanol–water partition coefficient (Wildman–Crippen LogP) is 2.02. The van der Waals surface area contributed by atoms with Crippen LogP contribution >= 0.6 is 15.9 Å². The molecule has 0 aliphatic rings. The molecule has 5 heteroatoms.